The van der Waals surface area contributed by atoms with Crippen LogP contribution < -0.4 is 14.2 Å². The van der Waals surface area contributed by atoms with Crippen LogP contribution in [-0.2, 0) is 4.79 Å². The lowest BCUT2D eigenvalue weighted by molar-refractivity contribution is -0.121. The van der Waals surface area contributed by atoms with Gasteiger partial charge >= 0.3 is 0 Å². The van der Waals surface area contributed by atoms with Crippen LogP contribution in [0.3, 0.4) is 0 Å². The predicted molar refractivity (Wildman–Crippen MR) is 163 cm³/mol. The molecular weight excluding hydrogens is 538 g/mol. The molecule has 1 heterocycles. The number of likely N-dealkylation sites (tertiary alicyclic amines) is 1. The number of nitrogens with zero attached hydrogens (tertiary/aromatic N) is 1. The topological polar surface area (TPSA) is 68.2 Å². The number of ether oxygens (including phenoxy) is 3. The summed E-state index contributed by atoms with van der Waals surface area (Å²) >= 11 is 5.90. The van der Waals surface area contributed by atoms with Crippen LogP contribution in [0.4, 0.5) is 0 Å². The molecule has 7 heteroatoms. The summed E-state index contributed by atoms with van der Waals surface area (Å²) in [5.74, 6) is 2.59. The first-order valence-electron chi connectivity index (χ1n) is 14.6. The lowest BCUT2D eigenvalue weighted by Gasteiger charge is -2.27. The van der Waals surface area contributed by atoms with Crippen molar-refractivity contribution in [2.45, 2.75) is 51.6 Å². The highest BCUT2D eigenvalue weighted by Crippen LogP contribution is 2.29. The van der Waals surface area contributed by atoms with E-state index in [9.17, 15) is 9.90 Å². The molecule has 0 amide bonds. The third-order valence-electron chi connectivity index (χ3n) is 7.48. The quantitative estimate of drug-likeness (QED) is 0.183. The molecule has 1 saturated heterocycles. The largest absolute Gasteiger partial charge is 0.493 e. The first kappa shape index (κ1) is 30.9. The fraction of sp³-hybridized carbons (Fsp3) is 0.441. The van der Waals surface area contributed by atoms with E-state index in [0.29, 0.717) is 55.9 Å². The minimum absolute atomic E-state index is 0.104. The van der Waals surface area contributed by atoms with Gasteiger partial charge in [0.05, 0.1) is 12.7 Å². The van der Waals surface area contributed by atoms with Crippen molar-refractivity contribution in [2.75, 3.05) is 39.5 Å². The van der Waals surface area contributed by atoms with Crippen molar-refractivity contribution >= 4 is 17.4 Å². The minimum atomic E-state index is -0.744. The predicted octanol–water partition coefficient (Wildman–Crippen LogP) is 7.09. The number of aliphatic hydroxyl groups is 1. The summed E-state index contributed by atoms with van der Waals surface area (Å²) in [7, 11) is 0. The van der Waals surface area contributed by atoms with Crippen molar-refractivity contribution in [3.05, 3.63) is 88.9 Å². The van der Waals surface area contributed by atoms with Crippen molar-refractivity contribution < 1.29 is 24.1 Å². The summed E-state index contributed by atoms with van der Waals surface area (Å²) in [5.41, 5.74) is 2.04. The van der Waals surface area contributed by atoms with Gasteiger partial charge in [0.2, 0.25) is 0 Å². The Bertz CT molecular complexity index is 1190. The lowest BCUT2D eigenvalue weighted by atomic mass is 9.90. The van der Waals surface area contributed by atoms with E-state index >= 15 is 0 Å². The number of halogens is 1. The van der Waals surface area contributed by atoms with E-state index in [1.807, 2.05) is 48.5 Å². The van der Waals surface area contributed by atoms with Crippen molar-refractivity contribution in [1.82, 2.24) is 4.90 Å². The molecule has 3 aromatic carbocycles. The Morgan fingerprint density at radius 3 is 1.80 bits per heavy atom. The summed E-state index contributed by atoms with van der Waals surface area (Å²) in [6.07, 6.45) is 2.21. The number of Topliss-reactive ketones (excluding diaryl/α,β-unsaturated/α-hetero) is 1. The van der Waals surface area contributed by atoms with E-state index in [-0.39, 0.29) is 11.7 Å². The van der Waals surface area contributed by atoms with Gasteiger partial charge in [-0.2, -0.15) is 0 Å². The van der Waals surface area contributed by atoms with Gasteiger partial charge < -0.3 is 24.2 Å². The number of ketones is 1. The van der Waals surface area contributed by atoms with Crippen molar-refractivity contribution in [2.24, 2.45) is 5.92 Å². The molecule has 6 nitrogen and oxygen atoms in total. The van der Waals surface area contributed by atoms with Crippen LogP contribution in [0.25, 0.3) is 0 Å². The van der Waals surface area contributed by atoms with E-state index in [1.165, 1.54) is 5.56 Å². The van der Waals surface area contributed by atoms with Crippen LogP contribution in [0.5, 0.6) is 17.2 Å². The van der Waals surface area contributed by atoms with Gasteiger partial charge in [0, 0.05) is 30.3 Å². The first-order chi connectivity index (χ1) is 19.9. The van der Waals surface area contributed by atoms with E-state index in [2.05, 4.69) is 30.9 Å². The van der Waals surface area contributed by atoms with Crippen LogP contribution in [0.15, 0.2) is 72.8 Å². The molecule has 0 aromatic heterocycles. The maximum Gasteiger partial charge on any atom is 0.136 e. The molecule has 41 heavy (non-hydrogen) atoms. The number of carbonyl (C=O) groups is 1. The van der Waals surface area contributed by atoms with Gasteiger partial charge in [-0.1, -0.05) is 49.7 Å². The Kier molecular flexibility index (Phi) is 11.9. The van der Waals surface area contributed by atoms with Crippen LogP contribution in [-0.4, -0.2) is 55.2 Å². The Balaban J connectivity index is 1.26. The second kappa shape index (κ2) is 15.8. The number of hydrogen-bond acceptors (Lipinski definition) is 6. The van der Waals surface area contributed by atoms with E-state index in [1.54, 1.807) is 12.1 Å². The van der Waals surface area contributed by atoms with E-state index in [0.717, 1.165) is 43.0 Å². The zero-order valence-corrected chi connectivity index (χ0v) is 24.9. The van der Waals surface area contributed by atoms with E-state index < -0.39 is 6.10 Å². The van der Waals surface area contributed by atoms with Gasteiger partial charge in [-0.3, -0.25) is 4.79 Å². The fourth-order valence-electron chi connectivity index (χ4n) is 5.08. The third-order valence-corrected chi connectivity index (χ3v) is 7.73. The molecule has 4 rings (SSSR count). The maximum absolute atomic E-state index is 13.0. The van der Waals surface area contributed by atoms with Crippen molar-refractivity contribution in [1.29, 1.82) is 0 Å². The Morgan fingerprint density at radius 1 is 0.780 bits per heavy atom. The molecule has 0 spiro atoms. The molecule has 0 radical (unpaired) electrons. The van der Waals surface area contributed by atoms with Crippen LogP contribution in [0.2, 0.25) is 5.02 Å². The summed E-state index contributed by atoms with van der Waals surface area (Å²) in [6, 6.07) is 22.7. The molecule has 1 fully saturated rings. The highest BCUT2D eigenvalue weighted by molar-refractivity contribution is 6.30. The van der Waals surface area contributed by atoms with Gasteiger partial charge in [0.1, 0.15) is 36.2 Å². The molecule has 3 aromatic rings. The maximum atomic E-state index is 13.0. The SMILES string of the molecule is CC(C)c1ccc(OCCC(=O)CC(CN2CCCC2)C(O)c2ccc(OCCOc3ccc(Cl)cc3)cc2)cc1. The molecule has 1 aliphatic heterocycles. The highest BCUT2D eigenvalue weighted by Gasteiger charge is 2.27. The number of hydrogen-bond donors (Lipinski definition) is 1. The molecular formula is C34H42ClNO5. The van der Waals surface area contributed by atoms with Gasteiger partial charge in [-0.15, -0.1) is 0 Å². The third kappa shape index (κ3) is 10.1. The Labute approximate surface area is 249 Å². The standard InChI is InChI=1S/C34H42ClNO5/c1-25(2)26-5-11-31(12-6-26)39-20-17-30(37)23-28(24-36-18-3-4-19-36)34(38)27-7-13-32(14-8-27)40-21-22-41-33-15-9-29(35)10-16-33/h5-16,25,28,34,38H,3-4,17-24H2,1-2H3. The normalized spacial score (nSPS) is 15.0. The van der Waals surface area contributed by atoms with Crippen LogP contribution in [0, 0.1) is 5.92 Å². The average molecular weight is 580 g/mol. The molecule has 220 valence electrons. The first-order valence-corrected chi connectivity index (χ1v) is 15.0. The zero-order valence-electron chi connectivity index (χ0n) is 24.1. The zero-order chi connectivity index (χ0) is 29.0. The highest BCUT2D eigenvalue weighted by atomic mass is 35.5. The lowest BCUT2D eigenvalue weighted by Crippen LogP contribution is -2.32. The summed E-state index contributed by atoms with van der Waals surface area (Å²) in [4.78, 5) is 15.3. The van der Waals surface area contributed by atoms with Crippen LogP contribution >= 0.6 is 11.6 Å². The molecule has 1 aliphatic rings. The monoisotopic (exact) mass is 579 g/mol. The molecule has 0 bridgehead atoms. The molecule has 2 unspecified atom stereocenters. The van der Waals surface area contributed by atoms with E-state index in [4.69, 9.17) is 25.8 Å². The van der Waals surface area contributed by atoms with Crippen molar-refractivity contribution in [3.63, 3.8) is 0 Å². The number of benzene rings is 3. The molecule has 0 saturated carbocycles. The molecule has 0 aliphatic carbocycles. The fourth-order valence-corrected chi connectivity index (χ4v) is 5.21. The summed E-state index contributed by atoms with van der Waals surface area (Å²) in [6.45, 7) is 8.16. The van der Waals surface area contributed by atoms with Crippen molar-refractivity contribution in [3.8, 4) is 17.2 Å². The Morgan fingerprint density at radius 2 is 1.27 bits per heavy atom. The minimum Gasteiger partial charge on any atom is -0.493 e. The summed E-state index contributed by atoms with van der Waals surface area (Å²) in [5, 5.41) is 12.0. The second-order valence-electron chi connectivity index (χ2n) is 11.0. The molecule has 1 N–H and O–H groups in total. The van der Waals surface area contributed by atoms with Crippen LogP contribution in [0.1, 0.15) is 62.7 Å². The van der Waals surface area contributed by atoms with Gasteiger partial charge in [0.25, 0.3) is 0 Å². The Hall–Kier alpha value is -3.06. The van der Waals surface area contributed by atoms with Gasteiger partial charge in [0.15, 0.2) is 0 Å². The summed E-state index contributed by atoms with van der Waals surface area (Å²) < 4.78 is 17.3. The number of rotatable bonds is 16. The molecule has 2 atom stereocenters. The second-order valence-corrected chi connectivity index (χ2v) is 11.4. The van der Waals surface area contributed by atoms with Gasteiger partial charge in [-0.05, 0) is 91.5 Å². The average Bonchev–Trinajstić information content (AvgIpc) is 3.49. The van der Waals surface area contributed by atoms with Gasteiger partial charge in [-0.25, -0.2) is 0 Å². The number of aliphatic hydroxyl groups excluding tert-OH is 1. The smallest absolute Gasteiger partial charge is 0.136 e. The number of carbonyl (C=O) groups excluding carboxylic acids is 1.